The normalized spacial score (nSPS) is 16.0. The van der Waals surface area contributed by atoms with Gasteiger partial charge in [-0.3, -0.25) is 9.80 Å². The summed E-state index contributed by atoms with van der Waals surface area (Å²) in [6.07, 6.45) is 0. The van der Waals surface area contributed by atoms with Crippen LogP contribution >= 0.6 is 0 Å². The number of nitrogens with zero attached hydrogens (tertiary/aromatic N) is 2. The van der Waals surface area contributed by atoms with E-state index >= 15 is 0 Å². The summed E-state index contributed by atoms with van der Waals surface area (Å²) in [4.78, 5) is 11.3. The summed E-state index contributed by atoms with van der Waals surface area (Å²) in [5.74, 6) is 0.102. The molecule has 0 fully saturated rings. The van der Waals surface area contributed by atoms with Crippen molar-refractivity contribution in [3.05, 3.63) is 29.8 Å². The molecule has 0 radical (unpaired) electrons. The SMILES string of the molecule is CC1=NN(c2ccc(C)cc2)CC1=O. The molecule has 3 heteroatoms. The summed E-state index contributed by atoms with van der Waals surface area (Å²) in [7, 11) is 0. The number of hydrogen-bond donors (Lipinski definition) is 0. The minimum Gasteiger partial charge on any atom is -0.291 e. The second-order valence-corrected chi connectivity index (χ2v) is 3.50. The number of hydrazone groups is 1. The van der Waals surface area contributed by atoms with E-state index in [1.54, 1.807) is 11.9 Å². The zero-order chi connectivity index (χ0) is 10.1. The van der Waals surface area contributed by atoms with Crippen molar-refractivity contribution in [3.8, 4) is 0 Å². The van der Waals surface area contributed by atoms with Gasteiger partial charge in [0, 0.05) is 0 Å². The van der Waals surface area contributed by atoms with Gasteiger partial charge in [0.05, 0.1) is 5.69 Å². The van der Waals surface area contributed by atoms with Crippen LogP contribution in [0.25, 0.3) is 0 Å². The molecule has 1 aliphatic heterocycles. The quantitative estimate of drug-likeness (QED) is 0.672. The number of carbonyl (C=O) groups is 1. The van der Waals surface area contributed by atoms with Crippen LogP contribution in [0.15, 0.2) is 29.4 Å². The van der Waals surface area contributed by atoms with E-state index in [0.29, 0.717) is 12.3 Å². The number of aryl methyl sites for hydroxylation is 1. The molecular weight excluding hydrogens is 176 g/mol. The summed E-state index contributed by atoms with van der Waals surface area (Å²) < 4.78 is 0. The molecule has 0 unspecified atom stereocenters. The molecule has 0 atom stereocenters. The van der Waals surface area contributed by atoms with Gasteiger partial charge in [-0.15, -0.1) is 0 Å². The van der Waals surface area contributed by atoms with Crippen molar-refractivity contribution in [3.63, 3.8) is 0 Å². The molecule has 3 nitrogen and oxygen atoms in total. The number of ketones is 1. The Morgan fingerprint density at radius 3 is 2.36 bits per heavy atom. The molecule has 72 valence electrons. The third-order valence-corrected chi connectivity index (χ3v) is 2.30. The van der Waals surface area contributed by atoms with E-state index in [9.17, 15) is 4.79 Å². The largest absolute Gasteiger partial charge is 0.291 e. The smallest absolute Gasteiger partial charge is 0.199 e. The highest BCUT2D eigenvalue weighted by Gasteiger charge is 2.20. The van der Waals surface area contributed by atoms with E-state index < -0.39 is 0 Å². The molecule has 2 rings (SSSR count). The van der Waals surface area contributed by atoms with Crippen molar-refractivity contribution >= 4 is 17.2 Å². The number of hydrogen-bond acceptors (Lipinski definition) is 3. The molecule has 0 aliphatic carbocycles. The van der Waals surface area contributed by atoms with Crippen molar-refractivity contribution < 1.29 is 4.79 Å². The van der Waals surface area contributed by atoms with Gasteiger partial charge in [0.25, 0.3) is 0 Å². The molecule has 0 aromatic heterocycles. The average Bonchev–Trinajstić information content (AvgIpc) is 2.48. The molecule has 0 bridgehead atoms. The fraction of sp³-hybridized carbons (Fsp3) is 0.273. The molecule has 1 aromatic carbocycles. The zero-order valence-corrected chi connectivity index (χ0v) is 8.32. The molecule has 1 heterocycles. The van der Waals surface area contributed by atoms with Crippen LogP contribution in [-0.4, -0.2) is 18.0 Å². The first-order chi connectivity index (χ1) is 6.66. The molecule has 1 aliphatic rings. The highest BCUT2D eigenvalue weighted by atomic mass is 16.1. The van der Waals surface area contributed by atoms with Crippen molar-refractivity contribution in [2.24, 2.45) is 5.10 Å². The zero-order valence-electron chi connectivity index (χ0n) is 8.32. The lowest BCUT2D eigenvalue weighted by Crippen LogP contribution is -2.17. The van der Waals surface area contributed by atoms with Gasteiger partial charge in [-0.2, -0.15) is 5.10 Å². The maximum absolute atomic E-state index is 11.3. The van der Waals surface area contributed by atoms with Crippen molar-refractivity contribution in [2.75, 3.05) is 11.6 Å². The molecule has 1 aromatic rings. The average molecular weight is 188 g/mol. The van der Waals surface area contributed by atoms with E-state index in [0.717, 1.165) is 5.69 Å². The lowest BCUT2D eigenvalue weighted by molar-refractivity contribution is -0.111. The first-order valence-corrected chi connectivity index (χ1v) is 4.59. The van der Waals surface area contributed by atoms with Crippen LogP contribution in [-0.2, 0) is 4.79 Å². The van der Waals surface area contributed by atoms with E-state index in [1.807, 2.05) is 31.2 Å². The fourth-order valence-corrected chi connectivity index (χ4v) is 1.39. The van der Waals surface area contributed by atoms with E-state index in [2.05, 4.69) is 5.10 Å². The monoisotopic (exact) mass is 188 g/mol. The minimum atomic E-state index is 0.102. The van der Waals surface area contributed by atoms with Crippen molar-refractivity contribution in [2.45, 2.75) is 13.8 Å². The van der Waals surface area contributed by atoms with Gasteiger partial charge in [-0.1, -0.05) is 17.7 Å². The van der Waals surface area contributed by atoms with Gasteiger partial charge in [0.15, 0.2) is 5.78 Å². The third-order valence-electron chi connectivity index (χ3n) is 2.30. The van der Waals surface area contributed by atoms with Crippen molar-refractivity contribution in [1.29, 1.82) is 0 Å². The Morgan fingerprint density at radius 2 is 1.86 bits per heavy atom. The highest BCUT2D eigenvalue weighted by Crippen LogP contribution is 2.18. The topological polar surface area (TPSA) is 32.7 Å². The number of anilines is 1. The Balaban J connectivity index is 2.26. The predicted molar refractivity (Wildman–Crippen MR) is 56.6 cm³/mol. The molecule has 14 heavy (non-hydrogen) atoms. The summed E-state index contributed by atoms with van der Waals surface area (Å²) in [6, 6.07) is 7.99. The summed E-state index contributed by atoms with van der Waals surface area (Å²) in [5, 5.41) is 5.90. The van der Waals surface area contributed by atoms with Gasteiger partial charge in [0.2, 0.25) is 0 Å². The van der Waals surface area contributed by atoms with E-state index in [1.165, 1.54) is 5.56 Å². The Kier molecular flexibility index (Phi) is 2.08. The minimum absolute atomic E-state index is 0.102. The van der Waals surface area contributed by atoms with Crippen LogP contribution in [0.4, 0.5) is 5.69 Å². The molecule has 0 spiro atoms. The molecule has 0 saturated carbocycles. The molecular formula is C11H12N2O. The summed E-state index contributed by atoms with van der Waals surface area (Å²) >= 11 is 0. The predicted octanol–water partition coefficient (Wildman–Crippen LogP) is 1.76. The van der Waals surface area contributed by atoms with Crippen LogP contribution in [0, 0.1) is 6.92 Å². The first-order valence-electron chi connectivity index (χ1n) is 4.59. The van der Waals surface area contributed by atoms with Crippen LogP contribution in [0.2, 0.25) is 0 Å². The number of carbonyl (C=O) groups excluding carboxylic acids is 1. The molecule has 0 amide bonds. The van der Waals surface area contributed by atoms with Gasteiger partial charge in [0.1, 0.15) is 12.3 Å². The summed E-state index contributed by atoms with van der Waals surface area (Å²) in [6.45, 7) is 4.15. The number of rotatable bonds is 1. The van der Waals surface area contributed by atoms with Crippen molar-refractivity contribution in [1.82, 2.24) is 0 Å². The number of Topliss-reactive ketones (excluding diaryl/α,β-unsaturated/α-hetero) is 1. The Morgan fingerprint density at radius 1 is 1.21 bits per heavy atom. The van der Waals surface area contributed by atoms with Gasteiger partial charge in [-0.05, 0) is 26.0 Å². The summed E-state index contributed by atoms with van der Waals surface area (Å²) in [5.41, 5.74) is 2.77. The first kappa shape index (κ1) is 8.94. The van der Waals surface area contributed by atoms with Gasteiger partial charge < -0.3 is 0 Å². The number of benzene rings is 1. The lowest BCUT2D eigenvalue weighted by Gasteiger charge is -2.12. The Bertz CT molecular complexity index is 392. The Hall–Kier alpha value is -1.64. The van der Waals surface area contributed by atoms with Gasteiger partial charge in [-0.25, -0.2) is 0 Å². The van der Waals surface area contributed by atoms with Crippen LogP contribution in [0.3, 0.4) is 0 Å². The van der Waals surface area contributed by atoms with E-state index in [-0.39, 0.29) is 5.78 Å². The maximum Gasteiger partial charge on any atom is 0.199 e. The van der Waals surface area contributed by atoms with Crippen LogP contribution in [0.1, 0.15) is 12.5 Å². The maximum atomic E-state index is 11.3. The highest BCUT2D eigenvalue weighted by molar-refractivity contribution is 6.42. The second kappa shape index (κ2) is 3.25. The second-order valence-electron chi connectivity index (χ2n) is 3.50. The van der Waals surface area contributed by atoms with E-state index in [4.69, 9.17) is 0 Å². The molecule has 0 saturated heterocycles. The lowest BCUT2D eigenvalue weighted by atomic mass is 10.2. The fourth-order valence-electron chi connectivity index (χ4n) is 1.39. The van der Waals surface area contributed by atoms with Crippen LogP contribution < -0.4 is 5.01 Å². The Labute approximate surface area is 83.0 Å². The van der Waals surface area contributed by atoms with Gasteiger partial charge >= 0.3 is 0 Å². The standard InChI is InChI=1S/C11H12N2O/c1-8-3-5-10(6-4-8)13-7-11(14)9(2)12-13/h3-6H,7H2,1-2H3. The molecule has 0 N–H and O–H groups in total. The van der Waals surface area contributed by atoms with Crippen LogP contribution in [0.5, 0.6) is 0 Å². The third kappa shape index (κ3) is 1.53.